The van der Waals surface area contributed by atoms with Gasteiger partial charge in [-0.1, -0.05) is 6.07 Å². The summed E-state index contributed by atoms with van der Waals surface area (Å²) in [6.07, 6.45) is 1.09. The molecule has 36 heavy (non-hydrogen) atoms. The Morgan fingerprint density at radius 1 is 1.08 bits per heavy atom. The van der Waals surface area contributed by atoms with Crippen LogP contribution in [0.15, 0.2) is 53.3 Å². The second kappa shape index (κ2) is 10.0. The fourth-order valence-corrected chi connectivity index (χ4v) is 4.96. The number of rotatable bonds is 9. The zero-order valence-corrected chi connectivity index (χ0v) is 21.1. The molecule has 0 bridgehead atoms. The highest BCUT2D eigenvalue weighted by atomic mass is 32.2. The smallest absolute Gasteiger partial charge is 0.327 e. The van der Waals surface area contributed by atoms with E-state index in [1.165, 1.54) is 24.9 Å². The quantitative estimate of drug-likeness (QED) is 0.363. The average Bonchev–Trinajstić information content (AvgIpc) is 3.16. The number of pyridine rings is 1. The van der Waals surface area contributed by atoms with Crippen molar-refractivity contribution in [1.29, 1.82) is 0 Å². The maximum Gasteiger partial charge on any atom is 0.327 e. The van der Waals surface area contributed by atoms with Gasteiger partial charge in [0.1, 0.15) is 21.4 Å². The summed E-state index contributed by atoms with van der Waals surface area (Å²) in [4.78, 5) is 20.3. The van der Waals surface area contributed by atoms with Gasteiger partial charge in [0.05, 0.1) is 49.3 Å². The number of fused-ring (bicyclic) bond motifs is 1. The Morgan fingerprint density at radius 2 is 1.86 bits per heavy atom. The normalized spacial score (nSPS) is 12.5. The minimum Gasteiger partial charge on any atom is -0.497 e. The summed E-state index contributed by atoms with van der Waals surface area (Å²) in [6, 6.07) is 11.7. The molecular weight excluding hydrogens is 489 g/mol. The number of hydrogen-bond acceptors (Lipinski definition) is 7. The molecule has 0 aliphatic rings. The summed E-state index contributed by atoms with van der Waals surface area (Å²) in [6.45, 7) is 2.11. The van der Waals surface area contributed by atoms with E-state index in [-0.39, 0.29) is 11.6 Å². The monoisotopic (exact) mass is 515 g/mol. The summed E-state index contributed by atoms with van der Waals surface area (Å²) in [5, 5.41) is 0. The van der Waals surface area contributed by atoms with Crippen molar-refractivity contribution in [3.05, 3.63) is 70.5 Å². The lowest BCUT2D eigenvalue weighted by molar-refractivity contribution is 0.296. The maximum atomic E-state index is 14.7. The van der Waals surface area contributed by atoms with Gasteiger partial charge in [0, 0.05) is 17.9 Å². The van der Waals surface area contributed by atoms with Crippen molar-refractivity contribution in [1.82, 2.24) is 14.5 Å². The number of imidazole rings is 1. The fourth-order valence-electron chi connectivity index (χ4n) is 4.07. The molecule has 0 saturated carbocycles. The van der Waals surface area contributed by atoms with Gasteiger partial charge in [-0.2, -0.15) is 0 Å². The molecule has 0 unspecified atom stereocenters. The van der Waals surface area contributed by atoms with Crippen LogP contribution in [0, 0.1) is 5.82 Å². The molecule has 4 aromatic rings. The molecule has 190 valence electrons. The molecule has 2 heterocycles. The molecule has 1 atom stereocenters. The van der Waals surface area contributed by atoms with Gasteiger partial charge in [0.15, 0.2) is 5.75 Å². The molecule has 0 spiro atoms. The van der Waals surface area contributed by atoms with Gasteiger partial charge in [-0.3, -0.25) is 4.57 Å². The first-order chi connectivity index (χ1) is 17.1. The summed E-state index contributed by atoms with van der Waals surface area (Å²) in [7, 11) is -0.607. The number of nitrogens with zero attached hydrogens (tertiary/aromatic N) is 2. The van der Waals surface area contributed by atoms with Crippen molar-refractivity contribution >= 4 is 20.9 Å². The van der Waals surface area contributed by atoms with Crippen molar-refractivity contribution < 1.29 is 27.0 Å². The van der Waals surface area contributed by atoms with E-state index >= 15 is 0 Å². The molecule has 0 aliphatic carbocycles. The molecule has 2 aromatic heterocycles. The summed E-state index contributed by atoms with van der Waals surface area (Å²) < 4.78 is 56.6. The number of aromatic nitrogens is 3. The van der Waals surface area contributed by atoms with Crippen molar-refractivity contribution in [2.24, 2.45) is 0 Å². The van der Waals surface area contributed by atoms with Gasteiger partial charge in [-0.15, -0.1) is 0 Å². The molecule has 11 heteroatoms. The number of methoxy groups -OCH3 is 2. The third-order valence-electron chi connectivity index (χ3n) is 5.67. The molecule has 0 amide bonds. The van der Waals surface area contributed by atoms with Crippen molar-refractivity contribution in [3.63, 3.8) is 0 Å². The first-order valence-corrected chi connectivity index (χ1v) is 13.1. The second-order valence-corrected chi connectivity index (χ2v) is 10.3. The highest BCUT2D eigenvalue weighted by molar-refractivity contribution is 7.90. The third kappa shape index (κ3) is 5.06. The van der Waals surface area contributed by atoms with E-state index in [9.17, 15) is 17.6 Å². The summed E-state index contributed by atoms with van der Waals surface area (Å²) in [5.74, 6) is 0.118. The number of benzene rings is 2. The van der Waals surface area contributed by atoms with E-state index in [0.717, 1.165) is 6.26 Å². The standard InChI is InChI=1S/C25H26FN3O6S/c1-5-35-24-23(34-3)11-9-19(27-24)22(14-36(4,31)32)29-21-10-6-15(12-20(21)28-25(29)30)17-8-7-16(33-2)13-18(17)26/h6-13,22H,5,14H2,1-4H3,(H,28,30)/t22-/m1/s1. The molecule has 0 fully saturated rings. The number of sulfone groups is 1. The maximum absolute atomic E-state index is 14.7. The lowest BCUT2D eigenvalue weighted by Gasteiger charge is -2.19. The van der Waals surface area contributed by atoms with Gasteiger partial charge >= 0.3 is 5.69 Å². The van der Waals surface area contributed by atoms with Crippen LogP contribution in [0.2, 0.25) is 0 Å². The first kappa shape index (κ1) is 25.2. The summed E-state index contributed by atoms with van der Waals surface area (Å²) in [5.41, 5.74) is 1.53. The number of hydrogen-bond donors (Lipinski definition) is 1. The Hall–Kier alpha value is -3.86. The van der Waals surface area contributed by atoms with Crippen LogP contribution in [-0.2, 0) is 9.84 Å². The highest BCUT2D eigenvalue weighted by Gasteiger charge is 2.26. The molecule has 4 rings (SSSR count). The predicted molar refractivity (Wildman–Crippen MR) is 134 cm³/mol. The molecular formula is C25H26FN3O6S. The van der Waals surface area contributed by atoms with E-state index in [2.05, 4.69) is 9.97 Å². The number of ether oxygens (including phenoxy) is 3. The van der Waals surface area contributed by atoms with Crippen LogP contribution in [0.3, 0.4) is 0 Å². The van der Waals surface area contributed by atoms with Gasteiger partial charge in [-0.05, 0) is 48.9 Å². The Bertz CT molecular complexity index is 1580. The van der Waals surface area contributed by atoms with Crippen LogP contribution in [0.1, 0.15) is 18.7 Å². The third-order valence-corrected chi connectivity index (χ3v) is 6.59. The average molecular weight is 516 g/mol. The number of nitrogens with one attached hydrogen (secondary N) is 1. The molecule has 1 N–H and O–H groups in total. The van der Waals surface area contributed by atoms with Crippen molar-refractivity contribution in [2.75, 3.05) is 32.8 Å². The first-order valence-electron chi connectivity index (χ1n) is 11.1. The van der Waals surface area contributed by atoms with E-state index in [1.54, 1.807) is 49.4 Å². The number of halogens is 1. The molecule has 2 aromatic carbocycles. The topological polar surface area (TPSA) is 113 Å². The fraction of sp³-hybridized carbons (Fsp3) is 0.280. The van der Waals surface area contributed by atoms with Crippen LogP contribution in [0.5, 0.6) is 17.4 Å². The number of aromatic amines is 1. The Balaban J connectivity index is 1.86. The Morgan fingerprint density at radius 3 is 2.50 bits per heavy atom. The van der Waals surface area contributed by atoms with Crippen molar-refractivity contribution in [2.45, 2.75) is 13.0 Å². The van der Waals surface area contributed by atoms with E-state index < -0.39 is 27.4 Å². The van der Waals surface area contributed by atoms with E-state index in [0.29, 0.717) is 46.0 Å². The minimum atomic E-state index is -3.53. The molecule has 9 nitrogen and oxygen atoms in total. The van der Waals surface area contributed by atoms with Gasteiger partial charge in [0.2, 0.25) is 0 Å². The molecule has 0 saturated heterocycles. The van der Waals surface area contributed by atoms with E-state index in [4.69, 9.17) is 14.2 Å². The SMILES string of the molecule is CCOc1nc([C@@H](CS(C)(=O)=O)n2c(=O)[nH]c3cc(-c4ccc(OC)cc4F)ccc32)ccc1OC. The van der Waals surface area contributed by atoms with Crippen LogP contribution in [-0.4, -0.2) is 55.8 Å². The van der Waals surface area contributed by atoms with Gasteiger partial charge in [0.25, 0.3) is 5.88 Å². The van der Waals surface area contributed by atoms with Crippen LogP contribution >= 0.6 is 0 Å². The minimum absolute atomic E-state index is 0.196. The van der Waals surface area contributed by atoms with Gasteiger partial charge in [-0.25, -0.2) is 22.6 Å². The van der Waals surface area contributed by atoms with Crippen LogP contribution in [0.4, 0.5) is 4.39 Å². The zero-order chi connectivity index (χ0) is 26.0. The predicted octanol–water partition coefficient (Wildman–Crippen LogP) is 3.58. The second-order valence-electron chi connectivity index (χ2n) is 8.16. The molecule has 0 aliphatic heterocycles. The van der Waals surface area contributed by atoms with Crippen molar-refractivity contribution in [3.8, 4) is 28.5 Å². The summed E-state index contributed by atoms with van der Waals surface area (Å²) >= 11 is 0. The zero-order valence-electron chi connectivity index (χ0n) is 20.2. The lowest BCUT2D eigenvalue weighted by Crippen LogP contribution is -2.29. The lowest BCUT2D eigenvalue weighted by atomic mass is 10.0. The van der Waals surface area contributed by atoms with Crippen LogP contribution < -0.4 is 19.9 Å². The van der Waals surface area contributed by atoms with Gasteiger partial charge < -0.3 is 19.2 Å². The van der Waals surface area contributed by atoms with E-state index in [1.807, 2.05) is 0 Å². The molecule has 0 radical (unpaired) electrons. The Kier molecular flexibility index (Phi) is 7.02. The highest BCUT2D eigenvalue weighted by Crippen LogP contribution is 2.32. The largest absolute Gasteiger partial charge is 0.497 e. The van der Waals surface area contributed by atoms with Crippen LogP contribution in [0.25, 0.3) is 22.2 Å². The number of H-pyrrole nitrogens is 1. The Labute approximate surface area is 207 Å².